The first kappa shape index (κ1) is 15.3. The van der Waals surface area contributed by atoms with Crippen molar-refractivity contribution < 1.29 is 18.3 Å². The van der Waals surface area contributed by atoms with Gasteiger partial charge in [-0.2, -0.15) is 18.4 Å². The smallest absolute Gasteiger partial charge is 0.380 e. The molecule has 1 saturated heterocycles. The largest absolute Gasteiger partial charge is 0.417 e. The van der Waals surface area contributed by atoms with Crippen molar-refractivity contribution in [3.8, 4) is 6.07 Å². The maximum atomic E-state index is 12.6. The Bertz CT molecular complexity index is 325. The molecule has 0 radical (unpaired) electrons. The van der Waals surface area contributed by atoms with Crippen LogP contribution in [0.5, 0.6) is 0 Å². The molecule has 0 unspecified atom stereocenters. The minimum absolute atomic E-state index is 0.220. The molecule has 1 aliphatic rings. The maximum absolute atomic E-state index is 12.6. The number of alkyl halides is 3. The van der Waals surface area contributed by atoms with E-state index in [-0.39, 0.29) is 25.9 Å². The maximum Gasteiger partial charge on any atom is 0.417 e. The lowest BCUT2D eigenvalue weighted by molar-refractivity contribution is -0.272. The summed E-state index contributed by atoms with van der Waals surface area (Å²) in [6, 6.07) is 2.17. The van der Waals surface area contributed by atoms with E-state index in [9.17, 15) is 18.3 Å². The van der Waals surface area contributed by atoms with Crippen molar-refractivity contribution in [3.63, 3.8) is 0 Å². The predicted molar refractivity (Wildman–Crippen MR) is 60.7 cm³/mol. The van der Waals surface area contributed by atoms with E-state index in [2.05, 4.69) is 6.07 Å². The molecule has 1 fully saturated rings. The van der Waals surface area contributed by atoms with Crippen LogP contribution in [-0.2, 0) is 0 Å². The Hall–Kier alpha value is -0.800. The predicted octanol–water partition coefficient (Wildman–Crippen LogP) is 2.32. The van der Waals surface area contributed by atoms with Crippen LogP contribution in [0.3, 0.4) is 0 Å². The number of likely N-dealkylation sites (tertiary alicyclic amines) is 1. The van der Waals surface area contributed by atoms with Gasteiger partial charge in [-0.25, -0.2) is 0 Å². The molecule has 0 saturated carbocycles. The van der Waals surface area contributed by atoms with Crippen molar-refractivity contribution >= 4 is 0 Å². The Kier molecular flexibility index (Phi) is 4.29. The second-order valence-electron chi connectivity index (χ2n) is 5.62. The van der Waals surface area contributed by atoms with Gasteiger partial charge in [0.1, 0.15) is 0 Å². The minimum atomic E-state index is -4.55. The molecule has 0 aliphatic carbocycles. The van der Waals surface area contributed by atoms with Gasteiger partial charge in [-0.1, -0.05) is 0 Å². The van der Waals surface area contributed by atoms with Gasteiger partial charge in [0.2, 0.25) is 0 Å². The topological polar surface area (TPSA) is 47.3 Å². The summed E-state index contributed by atoms with van der Waals surface area (Å²) >= 11 is 0. The number of halogens is 3. The third-order valence-corrected chi connectivity index (χ3v) is 3.57. The molecule has 1 heterocycles. The van der Waals surface area contributed by atoms with Gasteiger partial charge in [-0.3, -0.25) is 0 Å². The highest BCUT2D eigenvalue weighted by molar-refractivity contribution is 4.94. The average Bonchev–Trinajstić information content (AvgIpc) is 2.27. The van der Waals surface area contributed by atoms with Crippen molar-refractivity contribution in [2.75, 3.05) is 19.6 Å². The molecule has 0 spiro atoms. The van der Waals surface area contributed by atoms with Crippen molar-refractivity contribution in [1.29, 1.82) is 5.26 Å². The van der Waals surface area contributed by atoms with Crippen LogP contribution >= 0.6 is 0 Å². The van der Waals surface area contributed by atoms with Gasteiger partial charge < -0.3 is 10.0 Å². The molecule has 0 amide bonds. The zero-order valence-electron chi connectivity index (χ0n) is 10.7. The van der Waals surface area contributed by atoms with Crippen LogP contribution in [0.25, 0.3) is 0 Å². The van der Waals surface area contributed by atoms with E-state index in [1.165, 1.54) is 0 Å². The molecule has 1 aliphatic heterocycles. The van der Waals surface area contributed by atoms with Crippen molar-refractivity contribution in [2.24, 2.45) is 5.41 Å². The summed E-state index contributed by atoms with van der Waals surface area (Å²) in [5.74, 6) is 0. The number of hydrogen-bond donors (Lipinski definition) is 1. The molecule has 0 aromatic rings. The second kappa shape index (κ2) is 5.06. The van der Waals surface area contributed by atoms with Crippen LogP contribution in [0.4, 0.5) is 13.2 Å². The Labute approximate surface area is 105 Å². The van der Waals surface area contributed by atoms with Gasteiger partial charge in [0.05, 0.1) is 11.5 Å². The fourth-order valence-electron chi connectivity index (χ4n) is 1.92. The van der Waals surface area contributed by atoms with E-state index >= 15 is 0 Å². The summed E-state index contributed by atoms with van der Waals surface area (Å²) < 4.78 is 37.7. The third-order valence-electron chi connectivity index (χ3n) is 3.57. The summed E-state index contributed by atoms with van der Waals surface area (Å²) in [6.07, 6.45) is -4.51. The molecule has 3 nitrogen and oxygen atoms in total. The quantitative estimate of drug-likeness (QED) is 0.851. The summed E-state index contributed by atoms with van der Waals surface area (Å²) in [6.45, 7) is 4.65. The molecule has 0 aromatic heterocycles. The highest BCUT2D eigenvalue weighted by Gasteiger charge is 2.54. The minimum Gasteiger partial charge on any atom is -0.380 e. The fourth-order valence-corrected chi connectivity index (χ4v) is 1.92. The van der Waals surface area contributed by atoms with Crippen LogP contribution in [0.1, 0.15) is 33.1 Å². The zero-order chi connectivity index (χ0) is 14.0. The first-order valence-electron chi connectivity index (χ1n) is 6.02. The molecule has 6 heteroatoms. The number of rotatable bonds is 3. The van der Waals surface area contributed by atoms with Crippen molar-refractivity contribution in [2.45, 2.75) is 44.9 Å². The molecular weight excluding hydrogens is 245 g/mol. The van der Waals surface area contributed by atoms with Crippen molar-refractivity contribution in [1.82, 2.24) is 4.90 Å². The van der Waals surface area contributed by atoms with E-state index in [4.69, 9.17) is 5.26 Å². The zero-order valence-corrected chi connectivity index (χ0v) is 10.7. The van der Waals surface area contributed by atoms with E-state index in [0.717, 1.165) is 0 Å². The Morgan fingerprint density at radius 3 is 2.17 bits per heavy atom. The molecule has 18 heavy (non-hydrogen) atoms. The normalized spacial score (nSPS) is 21.6. The number of nitrogens with zero attached hydrogens (tertiary/aromatic N) is 2. The lowest BCUT2D eigenvalue weighted by Gasteiger charge is -2.39. The summed E-state index contributed by atoms with van der Waals surface area (Å²) in [7, 11) is 0. The van der Waals surface area contributed by atoms with E-state index in [1.807, 2.05) is 18.7 Å². The third kappa shape index (κ3) is 3.59. The van der Waals surface area contributed by atoms with Gasteiger partial charge in [-0.15, -0.1) is 0 Å². The number of piperidine rings is 1. The van der Waals surface area contributed by atoms with Crippen molar-refractivity contribution in [3.05, 3.63) is 0 Å². The Morgan fingerprint density at radius 2 is 1.78 bits per heavy atom. The summed E-state index contributed by atoms with van der Waals surface area (Å²) in [5, 5.41) is 18.4. The summed E-state index contributed by atoms with van der Waals surface area (Å²) in [4.78, 5) is 1.87. The van der Waals surface area contributed by atoms with Crippen LogP contribution in [-0.4, -0.2) is 41.4 Å². The number of aliphatic hydroxyl groups is 1. The first-order chi connectivity index (χ1) is 8.10. The molecule has 104 valence electrons. The highest BCUT2D eigenvalue weighted by atomic mass is 19.4. The molecule has 1 N–H and O–H groups in total. The highest BCUT2D eigenvalue weighted by Crippen LogP contribution is 2.38. The molecular formula is C12H19F3N2O. The summed E-state index contributed by atoms with van der Waals surface area (Å²) in [5.41, 5.74) is -2.99. The van der Waals surface area contributed by atoms with E-state index < -0.39 is 17.2 Å². The second-order valence-corrected chi connectivity index (χ2v) is 5.62. The molecule has 1 rings (SSSR count). The van der Waals surface area contributed by atoms with Crippen LogP contribution in [0.15, 0.2) is 0 Å². The molecule has 0 bridgehead atoms. The van der Waals surface area contributed by atoms with Gasteiger partial charge in [0.15, 0.2) is 5.60 Å². The first-order valence-corrected chi connectivity index (χ1v) is 6.02. The van der Waals surface area contributed by atoms with Gasteiger partial charge in [0, 0.05) is 13.1 Å². The molecule has 0 atom stereocenters. The van der Waals surface area contributed by atoms with E-state index in [1.54, 1.807) is 0 Å². The van der Waals surface area contributed by atoms with Gasteiger partial charge >= 0.3 is 6.18 Å². The average molecular weight is 264 g/mol. The number of hydrogen-bond acceptors (Lipinski definition) is 3. The lowest BCUT2D eigenvalue weighted by Crippen LogP contribution is -2.53. The van der Waals surface area contributed by atoms with E-state index in [0.29, 0.717) is 13.0 Å². The molecule has 0 aromatic carbocycles. The lowest BCUT2D eigenvalue weighted by atomic mass is 9.88. The number of nitriles is 1. The SMILES string of the molecule is CC(C)(C#N)CCN1CCC(O)(C(F)(F)F)CC1. The van der Waals surface area contributed by atoms with Gasteiger partial charge in [-0.05, 0) is 39.7 Å². The standard InChI is InChI=1S/C12H19F3N2O/c1-10(2,9-16)3-6-17-7-4-11(18,5-8-17)12(13,14)15/h18H,3-8H2,1-2H3. The Balaban J connectivity index is 2.44. The van der Waals surface area contributed by atoms with Crippen LogP contribution in [0, 0.1) is 16.7 Å². The van der Waals surface area contributed by atoms with Crippen LogP contribution in [0.2, 0.25) is 0 Å². The Morgan fingerprint density at radius 1 is 1.28 bits per heavy atom. The monoisotopic (exact) mass is 264 g/mol. The van der Waals surface area contributed by atoms with Gasteiger partial charge in [0.25, 0.3) is 0 Å². The fraction of sp³-hybridized carbons (Fsp3) is 0.917. The van der Waals surface area contributed by atoms with Crippen LogP contribution < -0.4 is 0 Å².